The summed E-state index contributed by atoms with van der Waals surface area (Å²) in [6.45, 7) is 19.0. The summed E-state index contributed by atoms with van der Waals surface area (Å²) in [5.41, 5.74) is 1.73. The van der Waals surface area contributed by atoms with E-state index in [-0.39, 0.29) is 24.4 Å². The van der Waals surface area contributed by atoms with Gasteiger partial charge in [-0.1, -0.05) is 24.3 Å². The van der Waals surface area contributed by atoms with E-state index in [0.717, 1.165) is 51.0 Å². The molecule has 0 saturated carbocycles. The van der Waals surface area contributed by atoms with E-state index < -0.39 is 5.60 Å². The summed E-state index contributed by atoms with van der Waals surface area (Å²) < 4.78 is 17.9. The first-order valence-corrected chi connectivity index (χ1v) is 12.9. The number of likely N-dealkylation sites (tertiary alicyclic amines) is 2. The smallest absolute Gasteiger partial charge is 0.444 e. The fourth-order valence-corrected chi connectivity index (χ4v) is 5.19. The predicted octanol–water partition coefficient (Wildman–Crippen LogP) is 4.60. The lowest BCUT2D eigenvalue weighted by Crippen LogP contribution is -2.49. The van der Waals surface area contributed by atoms with E-state index in [4.69, 9.17) is 14.0 Å². The Morgan fingerprint density at radius 3 is 1.91 bits per heavy atom. The van der Waals surface area contributed by atoms with Gasteiger partial charge in [-0.3, -0.25) is 4.90 Å². The molecule has 3 aliphatic rings. The van der Waals surface area contributed by atoms with E-state index in [1.165, 1.54) is 18.4 Å². The molecule has 3 fully saturated rings. The van der Waals surface area contributed by atoms with Crippen LogP contribution in [0.25, 0.3) is 0 Å². The van der Waals surface area contributed by atoms with Gasteiger partial charge in [0.2, 0.25) is 0 Å². The minimum absolute atomic E-state index is 0.163. The van der Waals surface area contributed by atoms with Gasteiger partial charge in [-0.05, 0) is 104 Å². The molecule has 1 aromatic carbocycles. The van der Waals surface area contributed by atoms with Crippen LogP contribution in [0, 0.1) is 5.41 Å². The fourth-order valence-electron chi connectivity index (χ4n) is 5.19. The van der Waals surface area contributed by atoms with Gasteiger partial charge in [-0.15, -0.1) is 0 Å². The first-order chi connectivity index (χ1) is 15.8. The lowest BCUT2D eigenvalue weighted by Gasteiger charge is -2.46. The topological polar surface area (TPSA) is 51.2 Å². The summed E-state index contributed by atoms with van der Waals surface area (Å²) in [7, 11) is -0.305. The molecule has 0 unspecified atom stereocenters. The molecule has 34 heavy (non-hydrogen) atoms. The van der Waals surface area contributed by atoms with Gasteiger partial charge in [-0.2, -0.15) is 0 Å². The Hall–Kier alpha value is -1.57. The van der Waals surface area contributed by atoms with Crippen molar-refractivity contribution >= 4 is 18.7 Å². The van der Waals surface area contributed by atoms with Crippen molar-refractivity contribution in [3.05, 3.63) is 29.8 Å². The van der Waals surface area contributed by atoms with Crippen LogP contribution in [0.5, 0.6) is 0 Å². The van der Waals surface area contributed by atoms with Crippen molar-refractivity contribution < 1.29 is 18.8 Å². The van der Waals surface area contributed by atoms with Crippen molar-refractivity contribution in [2.75, 3.05) is 26.2 Å². The molecule has 0 atom stereocenters. The van der Waals surface area contributed by atoms with Crippen LogP contribution in [-0.4, -0.2) is 66.0 Å². The van der Waals surface area contributed by atoms with Crippen molar-refractivity contribution in [1.82, 2.24) is 9.80 Å². The molecule has 0 bridgehead atoms. The first-order valence-electron chi connectivity index (χ1n) is 12.9. The molecule has 7 heteroatoms. The van der Waals surface area contributed by atoms with Crippen LogP contribution in [-0.2, 0) is 20.6 Å². The number of carbonyl (C=O) groups is 1. The van der Waals surface area contributed by atoms with Crippen LogP contribution >= 0.6 is 0 Å². The van der Waals surface area contributed by atoms with Crippen molar-refractivity contribution in [2.24, 2.45) is 5.41 Å². The number of piperidine rings is 2. The summed E-state index contributed by atoms with van der Waals surface area (Å²) in [6, 6.07) is 8.72. The normalized spacial score (nSPS) is 24.4. The minimum atomic E-state index is -0.430. The van der Waals surface area contributed by atoms with Crippen molar-refractivity contribution in [1.29, 1.82) is 0 Å². The number of hydrogen-bond acceptors (Lipinski definition) is 5. The Morgan fingerprint density at radius 2 is 1.41 bits per heavy atom. The lowest BCUT2D eigenvalue weighted by molar-refractivity contribution is -0.00312. The summed E-state index contributed by atoms with van der Waals surface area (Å²) in [5, 5.41) is 0. The molecule has 0 aromatic heterocycles. The number of amides is 1. The largest absolute Gasteiger partial charge is 0.494 e. The van der Waals surface area contributed by atoms with Crippen LogP contribution in [0.1, 0.15) is 79.7 Å². The molecule has 1 aromatic rings. The number of carbonyl (C=O) groups excluding carboxylic acids is 1. The Kier molecular flexibility index (Phi) is 6.86. The highest BCUT2D eigenvalue weighted by Crippen LogP contribution is 2.42. The Bertz CT molecular complexity index is 844. The average molecular weight is 470 g/mol. The van der Waals surface area contributed by atoms with Gasteiger partial charge in [0.1, 0.15) is 5.60 Å². The van der Waals surface area contributed by atoms with Crippen LogP contribution in [0.3, 0.4) is 0 Å². The number of hydrogen-bond donors (Lipinski definition) is 0. The molecule has 6 nitrogen and oxygen atoms in total. The zero-order chi connectivity index (χ0) is 24.8. The molecule has 3 aliphatic heterocycles. The number of benzene rings is 1. The molecule has 188 valence electrons. The first kappa shape index (κ1) is 25.5. The van der Waals surface area contributed by atoms with E-state index >= 15 is 0 Å². The molecule has 4 rings (SSSR count). The molecular formula is C27H43BN2O4. The predicted molar refractivity (Wildman–Crippen MR) is 136 cm³/mol. The molecule has 0 N–H and O–H groups in total. The second-order valence-corrected chi connectivity index (χ2v) is 12.6. The van der Waals surface area contributed by atoms with Gasteiger partial charge in [0.15, 0.2) is 0 Å². The number of ether oxygens (including phenoxy) is 1. The van der Waals surface area contributed by atoms with Gasteiger partial charge >= 0.3 is 13.2 Å². The van der Waals surface area contributed by atoms with Gasteiger partial charge in [0, 0.05) is 19.6 Å². The zero-order valence-electron chi connectivity index (χ0n) is 22.3. The number of rotatable bonds is 3. The van der Waals surface area contributed by atoms with Crippen LogP contribution in [0.2, 0.25) is 0 Å². The molecule has 0 aliphatic carbocycles. The van der Waals surface area contributed by atoms with Gasteiger partial charge in [-0.25, -0.2) is 4.79 Å². The van der Waals surface area contributed by atoms with Gasteiger partial charge in [0.25, 0.3) is 0 Å². The monoisotopic (exact) mass is 470 g/mol. The van der Waals surface area contributed by atoms with E-state index in [9.17, 15) is 4.79 Å². The molecule has 3 saturated heterocycles. The molecule has 1 amide bonds. The molecule has 3 heterocycles. The minimum Gasteiger partial charge on any atom is -0.444 e. The maximum atomic E-state index is 12.4. The Labute approximate surface area is 206 Å². The summed E-state index contributed by atoms with van der Waals surface area (Å²) >= 11 is 0. The maximum absolute atomic E-state index is 12.4. The molecule has 0 radical (unpaired) electrons. The highest BCUT2D eigenvalue weighted by molar-refractivity contribution is 6.62. The molecular weight excluding hydrogens is 427 g/mol. The van der Waals surface area contributed by atoms with Crippen LogP contribution < -0.4 is 5.46 Å². The standard InChI is InChI=1S/C27H43BN2O4/c1-24(2,3)32-23(31)30-18-14-27(15-19-30)12-16-29(17-13-27)20-21-8-10-22(11-9-21)28-33-25(4,5)26(6,7)34-28/h8-11H,12-20H2,1-7H3. The molecule has 1 spiro atoms. The lowest BCUT2D eigenvalue weighted by atomic mass is 9.71. The summed E-state index contributed by atoms with van der Waals surface area (Å²) in [6.07, 6.45) is 4.43. The van der Waals surface area contributed by atoms with Crippen LogP contribution in [0.15, 0.2) is 24.3 Å². The quantitative estimate of drug-likeness (QED) is 0.605. The average Bonchev–Trinajstić information content (AvgIpc) is 2.97. The van der Waals surface area contributed by atoms with E-state index in [0.29, 0.717) is 5.41 Å². The van der Waals surface area contributed by atoms with E-state index in [1.54, 1.807) is 0 Å². The Morgan fingerprint density at radius 1 is 0.912 bits per heavy atom. The van der Waals surface area contributed by atoms with Gasteiger partial charge in [0.05, 0.1) is 11.2 Å². The third-order valence-electron chi connectivity index (χ3n) is 8.30. The highest BCUT2D eigenvalue weighted by atomic mass is 16.7. The third-order valence-corrected chi connectivity index (χ3v) is 8.30. The fraction of sp³-hybridized carbons (Fsp3) is 0.741. The van der Waals surface area contributed by atoms with E-state index in [2.05, 4.69) is 56.9 Å². The second-order valence-electron chi connectivity index (χ2n) is 12.6. The van der Waals surface area contributed by atoms with Crippen LogP contribution in [0.4, 0.5) is 4.79 Å². The van der Waals surface area contributed by atoms with Crippen molar-refractivity contribution in [3.63, 3.8) is 0 Å². The summed E-state index contributed by atoms with van der Waals surface area (Å²) in [5.74, 6) is 0. The van der Waals surface area contributed by atoms with E-state index in [1.807, 2.05) is 25.7 Å². The zero-order valence-corrected chi connectivity index (χ0v) is 22.3. The second kappa shape index (κ2) is 9.14. The SMILES string of the molecule is CC(C)(C)OC(=O)N1CCC2(CCN(Cc3ccc(B4OC(C)(C)C(C)(C)O4)cc3)CC2)CC1. The highest BCUT2D eigenvalue weighted by Gasteiger charge is 2.51. The van der Waals surface area contributed by atoms with Crippen molar-refractivity contribution in [3.8, 4) is 0 Å². The third kappa shape index (κ3) is 5.63. The number of nitrogens with zero attached hydrogens (tertiary/aromatic N) is 2. The Balaban J connectivity index is 1.25. The van der Waals surface area contributed by atoms with Gasteiger partial charge < -0.3 is 18.9 Å². The summed E-state index contributed by atoms with van der Waals surface area (Å²) in [4.78, 5) is 16.8. The van der Waals surface area contributed by atoms with Crippen molar-refractivity contribution in [2.45, 2.75) is 97.5 Å². The maximum Gasteiger partial charge on any atom is 0.494 e.